The first-order valence-electron chi connectivity index (χ1n) is 8.62. The summed E-state index contributed by atoms with van der Waals surface area (Å²) in [7, 11) is 1.76. The van der Waals surface area contributed by atoms with Crippen molar-refractivity contribution in [1.82, 2.24) is 34.6 Å². The van der Waals surface area contributed by atoms with Gasteiger partial charge in [-0.05, 0) is 25.8 Å². The van der Waals surface area contributed by atoms with E-state index in [1.54, 1.807) is 24.9 Å². The second-order valence-corrected chi connectivity index (χ2v) is 6.85. The molecule has 0 saturated heterocycles. The topological polar surface area (TPSA) is 86.9 Å². The Morgan fingerprint density at radius 3 is 2.50 bits per heavy atom. The minimum atomic E-state index is -4.55. The second kappa shape index (κ2) is 5.63. The molecule has 0 amide bonds. The Bertz CT molecular complexity index is 1200. The molecule has 4 heterocycles. The average Bonchev–Trinajstić information content (AvgIpc) is 3.06. The lowest BCUT2D eigenvalue weighted by Crippen LogP contribution is -2.14. The van der Waals surface area contributed by atoms with Gasteiger partial charge in [0.05, 0.1) is 11.3 Å². The SMILES string of the molecule is Cc1nn(C)cc1-c1nnc(-c2cc3nc(C4CC4)cc(C(F)(F)F)n3n2)o1. The second-order valence-electron chi connectivity index (χ2n) is 6.85. The number of aryl methyl sites for hydroxylation is 2. The molecular weight excluding hydrogens is 375 g/mol. The van der Waals surface area contributed by atoms with Crippen molar-refractivity contribution >= 4 is 5.65 Å². The average molecular weight is 389 g/mol. The zero-order chi connectivity index (χ0) is 19.6. The molecule has 4 aromatic heterocycles. The highest BCUT2D eigenvalue weighted by Crippen LogP contribution is 2.41. The standard InChI is InChI=1S/C17H14F3N7O/c1-8-10(7-26(2)24-8)15-22-23-16(28-15)12-6-14-21-11(9-3-4-9)5-13(17(18,19)20)27(14)25-12/h5-7,9H,3-4H2,1-2H3. The van der Waals surface area contributed by atoms with Crippen LogP contribution >= 0.6 is 0 Å². The summed E-state index contributed by atoms with van der Waals surface area (Å²) in [4.78, 5) is 4.34. The Morgan fingerprint density at radius 2 is 1.86 bits per heavy atom. The number of halogens is 3. The van der Waals surface area contributed by atoms with E-state index >= 15 is 0 Å². The number of alkyl halides is 3. The van der Waals surface area contributed by atoms with Gasteiger partial charge < -0.3 is 4.42 Å². The minimum Gasteiger partial charge on any atom is -0.414 e. The zero-order valence-electron chi connectivity index (χ0n) is 14.9. The van der Waals surface area contributed by atoms with Gasteiger partial charge in [0.15, 0.2) is 11.3 Å². The molecular formula is C17H14F3N7O. The fourth-order valence-electron chi connectivity index (χ4n) is 3.13. The van der Waals surface area contributed by atoms with Crippen LogP contribution in [0.25, 0.3) is 28.7 Å². The third-order valence-corrected chi connectivity index (χ3v) is 4.62. The van der Waals surface area contributed by atoms with Crippen LogP contribution < -0.4 is 0 Å². The third-order valence-electron chi connectivity index (χ3n) is 4.62. The summed E-state index contributed by atoms with van der Waals surface area (Å²) in [6.07, 6.45) is -1.14. The molecule has 11 heteroatoms. The first-order chi connectivity index (χ1) is 13.3. The van der Waals surface area contributed by atoms with Crippen LogP contribution in [0.4, 0.5) is 13.2 Å². The molecule has 0 atom stereocenters. The predicted molar refractivity (Wildman–Crippen MR) is 90.2 cm³/mol. The van der Waals surface area contributed by atoms with Gasteiger partial charge in [-0.15, -0.1) is 10.2 Å². The molecule has 0 N–H and O–H groups in total. The van der Waals surface area contributed by atoms with E-state index in [0.29, 0.717) is 17.0 Å². The summed E-state index contributed by atoms with van der Waals surface area (Å²) in [6, 6.07) is 2.49. The first-order valence-corrected chi connectivity index (χ1v) is 8.62. The molecule has 1 aliphatic rings. The molecule has 0 bridgehead atoms. The van der Waals surface area contributed by atoms with E-state index in [0.717, 1.165) is 23.4 Å². The minimum absolute atomic E-state index is 0.0184. The number of hydrogen-bond donors (Lipinski definition) is 0. The van der Waals surface area contributed by atoms with Crippen molar-refractivity contribution in [3.63, 3.8) is 0 Å². The van der Waals surface area contributed by atoms with E-state index in [2.05, 4.69) is 25.4 Å². The van der Waals surface area contributed by atoms with Gasteiger partial charge >= 0.3 is 6.18 Å². The number of nitrogens with zero attached hydrogens (tertiary/aromatic N) is 7. The van der Waals surface area contributed by atoms with Crippen LogP contribution in [0.5, 0.6) is 0 Å². The number of fused-ring (bicyclic) bond motifs is 1. The van der Waals surface area contributed by atoms with Crippen molar-refractivity contribution in [1.29, 1.82) is 0 Å². The van der Waals surface area contributed by atoms with Gasteiger partial charge in [-0.1, -0.05) is 0 Å². The van der Waals surface area contributed by atoms with E-state index in [-0.39, 0.29) is 29.0 Å². The van der Waals surface area contributed by atoms with E-state index in [9.17, 15) is 13.2 Å². The smallest absolute Gasteiger partial charge is 0.414 e. The van der Waals surface area contributed by atoms with Gasteiger partial charge in [0.2, 0.25) is 0 Å². The summed E-state index contributed by atoms with van der Waals surface area (Å²) in [5, 5.41) is 16.1. The molecule has 0 spiro atoms. The van der Waals surface area contributed by atoms with Crippen LogP contribution in [0.15, 0.2) is 22.7 Å². The molecule has 0 unspecified atom stereocenters. The quantitative estimate of drug-likeness (QED) is 0.534. The normalized spacial score (nSPS) is 14.9. The van der Waals surface area contributed by atoms with Crippen molar-refractivity contribution in [2.75, 3.05) is 0 Å². The number of aromatic nitrogens is 7. The Kier molecular flexibility index (Phi) is 3.40. The van der Waals surface area contributed by atoms with Gasteiger partial charge in [-0.3, -0.25) is 4.68 Å². The molecule has 8 nitrogen and oxygen atoms in total. The summed E-state index contributed by atoms with van der Waals surface area (Å²) >= 11 is 0. The maximum atomic E-state index is 13.5. The maximum absolute atomic E-state index is 13.5. The lowest BCUT2D eigenvalue weighted by Gasteiger charge is -2.10. The van der Waals surface area contributed by atoms with Crippen molar-refractivity contribution in [2.24, 2.45) is 7.05 Å². The van der Waals surface area contributed by atoms with Gasteiger partial charge in [0, 0.05) is 30.9 Å². The number of rotatable bonds is 3. The van der Waals surface area contributed by atoms with Crippen LogP contribution in [-0.4, -0.2) is 34.6 Å². The molecule has 1 fully saturated rings. The first kappa shape index (κ1) is 16.9. The fraction of sp³-hybridized carbons (Fsp3) is 0.353. The van der Waals surface area contributed by atoms with E-state index in [1.807, 2.05) is 0 Å². The molecule has 144 valence electrons. The predicted octanol–water partition coefficient (Wildman–Crippen LogP) is 3.38. The van der Waals surface area contributed by atoms with Crippen LogP contribution in [0, 0.1) is 6.92 Å². The third kappa shape index (κ3) is 2.74. The zero-order valence-corrected chi connectivity index (χ0v) is 14.9. The summed E-state index contributed by atoms with van der Waals surface area (Å²) in [5.41, 5.74) is 1.14. The Balaban J connectivity index is 1.61. The van der Waals surface area contributed by atoms with Crippen LogP contribution in [-0.2, 0) is 13.2 Å². The van der Waals surface area contributed by atoms with Gasteiger partial charge in [0.1, 0.15) is 5.69 Å². The molecule has 28 heavy (non-hydrogen) atoms. The number of hydrogen-bond acceptors (Lipinski definition) is 6. The van der Waals surface area contributed by atoms with Gasteiger partial charge in [-0.25, -0.2) is 9.50 Å². The summed E-state index contributed by atoms with van der Waals surface area (Å²) in [5.74, 6) is 0.318. The molecule has 0 aliphatic heterocycles. The molecule has 1 saturated carbocycles. The lowest BCUT2D eigenvalue weighted by atomic mass is 10.2. The monoisotopic (exact) mass is 389 g/mol. The Hall–Kier alpha value is -3.24. The van der Waals surface area contributed by atoms with E-state index in [4.69, 9.17) is 4.42 Å². The molecule has 0 aromatic carbocycles. The molecule has 4 aromatic rings. The Labute approximate surface area is 156 Å². The highest BCUT2D eigenvalue weighted by Gasteiger charge is 2.37. The van der Waals surface area contributed by atoms with E-state index in [1.165, 1.54) is 6.07 Å². The van der Waals surface area contributed by atoms with E-state index < -0.39 is 11.9 Å². The fourth-order valence-corrected chi connectivity index (χ4v) is 3.13. The van der Waals surface area contributed by atoms with Crippen LogP contribution in [0.1, 0.15) is 35.8 Å². The largest absolute Gasteiger partial charge is 0.433 e. The highest BCUT2D eigenvalue weighted by atomic mass is 19.4. The van der Waals surface area contributed by atoms with Crippen molar-refractivity contribution in [3.05, 3.63) is 35.4 Å². The van der Waals surface area contributed by atoms with Gasteiger partial charge in [-0.2, -0.15) is 23.4 Å². The van der Waals surface area contributed by atoms with Crippen LogP contribution in [0.3, 0.4) is 0 Å². The molecule has 1 aliphatic carbocycles. The summed E-state index contributed by atoms with van der Waals surface area (Å²) < 4.78 is 48.6. The maximum Gasteiger partial charge on any atom is 0.433 e. The highest BCUT2D eigenvalue weighted by molar-refractivity contribution is 5.60. The van der Waals surface area contributed by atoms with Gasteiger partial charge in [0.25, 0.3) is 11.8 Å². The van der Waals surface area contributed by atoms with Crippen LogP contribution in [0.2, 0.25) is 0 Å². The molecule has 0 radical (unpaired) electrons. The van der Waals surface area contributed by atoms with Crippen molar-refractivity contribution in [2.45, 2.75) is 31.9 Å². The molecule has 5 rings (SSSR count). The Morgan fingerprint density at radius 1 is 1.11 bits per heavy atom. The van der Waals surface area contributed by atoms with Crippen molar-refractivity contribution < 1.29 is 17.6 Å². The lowest BCUT2D eigenvalue weighted by molar-refractivity contribution is -0.142. The summed E-state index contributed by atoms with van der Waals surface area (Å²) in [6.45, 7) is 1.79. The van der Waals surface area contributed by atoms with Crippen molar-refractivity contribution in [3.8, 4) is 23.0 Å².